The molecular formula is C6H2F2. The maximum absolute atomic E-state index is 12.1. The standard InChI is InChI=1S/C6H2F2/c7-4-2-1-3-5(4)6(3)8/h1-2H. The quantitative estimate of drug-likeness (QED) is 0.488. The third kappa shape index (κ3) is 0.259. The summed E-state index contributed by atoms with van der Waals surface area (Å²) in [5.41, 5.74) is 0.632. The monoisotopic (exact) mass is 112 g/mol. The Balaban J connectivity index is 2.72. The zero-order valence-corrected chi connectivity index (χ0v) is 3.91. The first-order valence-corrected chi connectivity index (χ1v) is 2.29. The largest absolute Gasteiger partial charge is 0.206 e. The van der Waals surface area contributed by atoms with E-state index < -0.39 is 5.82 Å². The van der Waals surface area contributed by atoms with Crippen LogP contribution in [0.4, 0.5) is 8.78 Å². The van der Waals surface area contributed by atoms with Crippen molar-refractivity contribution in [1.82, 2.24) is 0 Å². The molecule has 0 aromatic carbocycles. The van der Waals surface area contributed by atoms with Crippen molar-refractivity contribution >= 4 is 0 Å². The topological polar surface area (TPSA) is 0 Å². The van der Waals surface area contributed by atoms with Gasteiger partial charge in [-0.05, 0) is 12.1 Å². The molecule has 0 saturated carbocycles. The fourth-order valence-corrected chi connectivity index (χ4v) is 0.808. The Labute approximate surface area is 44.8 Å². The van der Waals surface area contributed by atoms with E-state index in [1.165, 1.54) is 12.1 Å². The number of hydrogen-bond acceptors (Lipinski definition) is 0. The van der Waals surface area contributed by atoms with Crippen molar-refractivity contribution in [3.8, 4) is 11.1 Å². The van der Waals surface area contributed by atoms with E-state index >= 15 is 0 Å². The van der Waals surface area contributed by atoms with Gasteiger partial charge in [-0.25, -0.2) is 8.78 Å². The Morgan fingerprint density at radius 1 is 1.12 bits per heavy atom. The molecule has 2 rings (SSSR count). The number of benzene rings is 1. The van der Waals surface area contributed by atoms with Crippen LogP contribution in [0.3, 0.4) is 0 Å². The average Bonchev–Trinajstić information content (AvgIpc) is 2.13. The minimum Gasteiger partial charge on any atom is -0.206 e. The molecule has 40 valence electrons. The molecule has 0 heterocycles. The molecule has 0 nitrogen and oxygen atoms in total. The molecule has 0 fully saturated rings. The van der Waals surface area contributed by atoms with Gasteiger partial charge in [-0.2, -0.15) is 0 Å². The maximum atomic E-state index is 12.1. The van der Waals surface area contributed by atoms with Gasteiger partial charge in [0.25, 0.3) is 0 Å². The third-order valence-corrected chi connectivity index (χ3v) is 1.30. The minimum absolute atomic E-state index is 0.185. The lowest BCUT2D eigenvalue weighted by Gasteiger charge is -1.67. The molecule has 2 aliphatic rings. The van der Waals surface area contributed by atoms with E-state index in [-0.39, 0.29) is 11.4 Å². The molecule has 0 aromatic heterocycles. The number of rotatable bonds is 0. The zero-order chi connectivity index (χ0) is 5.72. The summed E-state index contributed by atoms with van der Waals surface area (Å²) in [5.74, 6) is -0.803. The second-order valence-electron chi connectivity index (χ2n) is 1.78. The van der Waals surface area contributed by atoms with Crippen LogP contribution in [-0.4, -0.2) is 0 Å². The summed E-state index contributed by atoms with van der Waals surface area (Å²) in [6.45, 7) is 0. The Morgan fingerprint density at radius 3 is 2.12 bits per heavy atom. The van der Waals surface area contributed by atoms with Gasteiger partial charge in [0.1, 0.15) is 11.6 Å². The van der Waals surface area contributed by atoms with Crippen molar-refractivity contribution in [3.63, 3.8) is 0 Å². The molecule has 0 spiro atoms. The normalized spacial score (nSPS) is 11.8. The Hall–Kier alpha value is -0.920. The molecule has 0 atom stereocenters. The van der Waals surface area contributed by atoms with E-state index in [1.54, 1.807) is 0 Å². The van der Waals surface area contributed by atoms with Gasteiger partial charge in [-0.3, -0.25) is 0 Å². The Morgan fingerprint density at radius 2 is 1.88 bits per heavy atom. The number of halogens is 2. The van der Waals surface area contributed by atoms with Crippen LogP contribution in [-0.2, 0) is 0 Å². The minimum atomic E-state index is -0.433. The SMILES string of the molecule is Fc1ccc2c(F)c1-2. The number of hydrogen-bond donors (Lipinski definition) is 0. The van der Waals surface area contributed by atoms with Crippen LogP contribution < -0.4 is 0 Å². The predicted octanol–water partition coefficient (Wildman–Crippen LogP) is 1.95. The van der Waals surface area contributed by atoms with Crippen LogP contribution in [0.1, 0.15) is 0 Å². The van der Waals surface area contributed by atoms with Crippen molar-refractivity contribution in [1.29, 1.82) is 0 Å². The van der Waals surface area contributed by atoms with Crippen molar-refractivity contribution in [2.75, 3.05) is 0 Å². The molecule has 0 N–H and O–H groups in total. The van der Waals surface area contributed by atoms with E-state index in [4.69, 9.17) is 0 Å². The molecule has 8 heavy (non-hydrogen) atoms. The lowest BCUT2D eigenvalue weighted by Crippen LogP contribution is -1.56. The van der Waals surface area contributed by atoms with Crippen LogP contribution in [0.2, 0.25) is 0 Å². The summed E-state index contributed by atoms with van der Waals surface area (Å²) in [5, 5.41) is 0. The first-order valence-electron chi connectivity index (χ1n) is 2.29. The van der Waals surface area contributed by atoms with E-state index in [1.807, 2.05) is 0 Å². The Bertz CT molecular complexity index is 253. The van der Waals surface area contributed by atoms with Crippen LogP contribution in [0.15, 0.2) is 12.1 Å². The highest BCUT2D eigenvalue weighted by molar-refractivity contribution is 5.83. The fraction of sp³-hybridized carbons (Fsp3) is 0. The van der Waals surface area contributed by atoms with Gasteiger partial charge in [-0.15, -0.1) is 0 Å². The molecule has 0 bridgehead atoms. The third-order valence-electron chi connectivity index (χ3n) is 1.30. The van der Waals surface area contributed by atoms with Crippen LogP contribution in [0.5, 0.6) is 0 Å². The van der Waals surface area contributed by atoms with Gasteiger partial charge in [0.2, 0.25) is 0 Å². The fourth-order valence-electron chi connectivity index (χ4n) is 0.808. The summed E-state index contributed by atoms with van der Waals surface area (Å²) < 4.78 is 24.1. The summed E-state index contributed by atoms with van der Waals surface area (Å²) in [4.78, 5) is 0. The van der Waals surface area contributed by atoms with E-state index in [0.717, 1.165) is 0 Å². The smallest absolute Gasteiger partial charge is 0.142 e. The molecule has 0 aromatic rings. The van der Waals surface area contributed by atoms with Crippen molar-refractivity contribution in [3.05, 3.63) is 23.8 Å². The van der Waals surface area contributed by atoms with Crippen molar-refractivity contribution in [2.45, 2.75) is 0 Å². The van der Waals surface area contributed by atoms with Crippen LogP contribution in [0, 0.1) is 11.6 Å². The molecule has 0 saturated heterocycles. The second kappa shape index (κ2) is 0.917. The average molecular weight is 112 g/mol. The van der Waals surface area contributed by atoms with Crippen molar-refractivity contribution in [2.24, 2.45) is 0 Å². The molecular weight excluding hydrogens is 110 g/mol. The summed E-state index contributed by atoms with van der Waals surface area (Å²) >= 11 is 0. The summed E-state index contributed by atoms with van der Waals surface area (Å²) in [6, 6.07) is 2.72. The van der Waals surface area contributed by atoms with Gasteiger partial charge in [0, 0.05) is 5.56 Å². The van der Waals surface area contributed by atoms with Gasteiger partial charge in [0.05, 0.1) is 5.56 Å². The lowest BCUT2D eigenvalue weighted by molar-refractivity contribution is 0.621. The molecule has 0 aliphatic heterocycles. The highest BCUT2D eigenvalue weighted by atomic mass is 19.1. The van der Waals surface area contributed by atoms with E-state index in [2.05, 4.69) is 0 Å². The Kier molecular flexibility index (Phi) is 0.460. The molecule has 0 amide bonds. The second-order valence-corrected chi connectivity index (χ2v) is 1.78. The number of fused-ring (bicyclic) bond motifs is 1. The van der Waals surface area contributed by atoms with Crippen molar-refractivity contribution < 1.29 is 8.78 Å². The molecule has 2 heteroatoms. The predicted molar refractivity (Wildman–Crippen MR) is 25.4 cm³/mol. The maximum Gasteiger partial charge on any atom is 0.142 e. The first kappa shape index (κ1) is 4.01. The van der Waals surface area contributed by atoms with Crippen LogP contribution >= 0.6 is 0 Å². The van der Waals surface area contributed by atoms with E-state index in [0.29, 0.717) is 5.56 Å². The van der Waals surface area contributed by atoms with Gasteiger partial charge >= 0.3 is 0 Å². The summed E-state index contributed by atoms with van der Waals surface area (Å²) in [7, 11) is 0. The summed E-state index contributed by atoms with van der Waals surface area (Å²) in [6.07, 6.45) is 0. The highest BCUT2D eigenvalue weighted by Crippen LogP contribution is 2.42. The van der Waals surface area contributed by atoms with Crippen LogP contribution in [0.25, 0.3) is 11.1 Å². The zero-order valence-electron chi connectivity index (χ0n) is 3.91. The van der Waals surface area contributed by atoms with Gasteiger partial charge in [-0.1, -0.05) is 0 Å². The molecule has 0 unspecified atom stereocenters. The first-order chi connectivity index (χ1) is 3.80. The van der Waals surface area contributed by atoms with Gasteiger partial charge in [0.15, 0.2) is 0 Å². The van der Waals surface area contributed by atoms with E-state index in [9.17, 15) is 8.78 Å². The molecule has 2 aliphatic carbocycles. The highest BCUT2D eigenvalue weighted by Gasteiger charge is 2.28. The van der Waals surface area contributed by atoms with Gasteiger partial charge < -0.3 is 0 Å². The lowest BCUT2D eigenvalue weighted by atomic mass is 10.5. The molecule has 0 radical (unpaired) electrons.